The van der Waals surface area contributed by atoms with Crippen LogP contribution < -0.4 is 0 Å². The van der Waals surface area contributed by atoms with E-state index in [1.807, 2.05) is 36.4 Å². The van der Waals surface area contributed by atoms with Gasteiger partial charge in [0, 0.05) is 17.7 Å². The van der Waals surface area contributed by atoms with Crippen LogP contribution in [-0.4, -0.2) is 36.2 Å². The second-order valence-corrected chi connectivity index (χ2v) is 9.29. The van der Waals surface area contributed by atoms with Crippen LogP contribution in [0, 0.1) is 11.3 Å². The van der Waals surface area contributed by atoms with Crippen LogP contribution in [0.1, 0.15) is 18.2 Å². The van der Waals surface area contributed by atoms with Crippen molar-refractivity contribution in [3.8, 4) is 17.4 Å². The van der Waals surface area contributed by atoms with E-state index in [-0.39, 0.29) is 28.2 Å². The van der Waals surface area contributed by atoms with Gasteiger partial charge in [-0.3, -0.25) is 19.0 Å². The van der Waals surface area contributed by atoms with Gasteiger partial charge < -0.3 is 4.42 Å². The Bertz CT molecular complexity index is 1510. The first kappa shape index (κ1) is 23.9. The van der Waals surface area contributed by atoms with E-state index >= 15 is 0 Å². The van der Waals surface area contributed by atoms with Crippen molar-refractivity contribution in [2.45, 2.75) is 18.2 Å². The number of benzene rings is 2. The van der Waals surface area contributed by atoms with Gasteiger partial charge in [0.25, 0.3) is 21.9 Å². The molecule has 4 rings (SSSR count). The first-order valence-corrected chi connectivity index (χ1v) is 12.0. The Hall–Kier alpha value is -4.26. The van der Waals surface area contributed by atoms with E-state index < -0.39 is 21.9 Å². The minimum atomic E-state index is -4.31. The SMILES string of the molecule is CC1=C(C#N)C(=O)N(CCc2ccccc2)C(=O)/C1=C/c1ccc(-c2ccc(S(=O)(=O)O)cc2)o1. The number of nitrogens with zero attached hydrogens (tertiary/aromatic N) is 2. The van der Waals surface area contributed by atoms with Gasteiger partial charge >= 0.3 is 0 Å². The molecule has 2 amide bonds. The number of imide groups is 1. The van der Waals surface area contributed by atoms with E-state index in [0.717, 1.165) is 10.5 Å². The maximum atomic E-state index is 13.2. The first-order valence-electron chi connectivity index (χ1n) is 10.6. The monoisotopic (exact) mass is 488 g/mol. The summed E-state index contributed by atoms with van der Waals surface area (Å²) in [7, 11) is -4.31. The summed E-state index contributed by atoms with van der Waals surface area (Å²) in [6.07, 6.45) is 1.93. The third-order valence-corrected chi connectivity index (χ3v) is 6.51. The topological polar surface area (TPSA) is 129 Å². The van der Waals surface area contributed by atoms with Crippen molar-refractivity contribution in [2.24, 2.45) is 0 Å². The third-order valence-electron chi connectivity index (χ3n) is 5.64. The molecule has 0 fully saturated rings. The molecule has 0 atom stereocenters. The summed E-state index contributed by atoms with van der Waals surface area (Å²) in [5, 5.41) is 9.56. The summed E-state index contributed by atoms with van der Waals surface area (Å²) in [5.41, 5.74) is 1.86. The molecule has 1 aromatic heterocycles. The van der Waals surface area contributed by atoms with Crippen LogP contribution >= 0.6 is 0 Å². The smallest absolute Gasteiger partial charge is 0.294 e. The van der Waals surface area contributed by atoms with Crippen LogP contribution in [0.15, 0.2) is 92.8 Å². The normalized spacial score (nSPS) is 15.6. The molecule has 0 aliphatic carbocycles. The number of carbonyl (C=O) groups excluding carboxylic acids is 2. The van der Waals surface area contributed by atoms with E-state index in [2.05, 4.69) is 0 Å². The van der Waals surface area contributed by atoms with Crippen LogP contribution in [-0.2, 0) is 26.1 Å². The van der Waals surface area contributed by atoms with Crippen LogP contribution in [0.4, 0.5) is 0 Å². The first-order chi connectivity index (χ1) is 16.7. The van der Waals surface area contributed by atoms with Gasteiger partial charge in [-0.15, -0.1) is 0 Å². The maximum absolute atomic E-state index is 13.2. The molecule has 0 unspecified atom stereocenters. The van der Waals surface area contributed by atoms with E-state index in [9.17, 15) is 23.3 Å². The molecule has 3 aromatic rings. The molecule has 0 saturated carbocycles. The van der Waals surface area contributed by atoms with Crippen molar-refractivity contribution >= 4 is 28.0 Å². The summed E-state index contributed by atoms with van der Waals surface area (Å²) in [4.78, 5) is 26.8. The van der Waals surface area contributed by atoms with Gasteiger partial charge in [0.15, 0.2) is 0 Å². The third kappa shape index (κ3) is 4.99. The zero-order chi connectivity index (χ0) is 25.2. The molecule has 2 aromatic carbocycles. The van der Waals surface area contributed by atoms with E-state index in [1.165, 1.54) is 30.3 Å². The van der Waals surface area contributed by atoms with Crippen molar-refractivity contribution in [3.63, 3.8) is 0 Å². The van der Waals surface area contributed by atoms with Crippen LogP contribution in [0.25, 0.3) is 17.4 Å². The van der Waals surface area contributed by atoms with E-state index in [0.29, 0.717) is 23.5 Å². The molecule has 176 valence electrons. The molecule has 0 bridgehead atoms. The quantitative estimate of drug-likeness (QED) is 0.315. The predicted octanol–water partition coefficient (Wildman–Crippen LogP) is 4.03. The Kier molecular flexibility index (Phi) is 6.51. The zero-order valence-corrected chi connectivity index (χ0v) is 19.5. The summed E-state index contributed by atoms with van der Waals surface area (Å²) in [5.74, 6) is -0.419. The molecule has 0 saturated heterocycles. The van der Waals surface area contributed by atoms with E-state index in [4.69, 9.17) is 8.97 Å². The fourth-order valence-corrected chi connectivity index (χ4v) is 4.22. The van der Waals surface area contributed by atoms with Gasteiger partial charge in [0.1, 0.15) is 23.2 Å². The zero-order valence-electron chi connectivity index (χ0n) is 18.6. The number of carbonyl (C=O) groups is 2. The average Bonchev–Trinajstić information content (AvgIpc) is 3.31. The lowest BCUT2D eigenvalue weighted by molar-refractivity contribution is -0.140. The van der Waals surface area contributed by atoms with Crippen molar-refractivity contribution in [1.82, 2.24) is 4.90 Å². The van der Waals surface area contributed by atoms with Gasteiger partial charge in [-0.2, -0.15) is 13.7 Å². The lowest BCUT2D eigenvalue weighted by Gasteiger charge is -2.27. The predicted molar refractivity (Wildman–Crippen MR) is 127 cm³/mol. The highest BCUT2D eigenvalue weighted by molar-refractivity contribution is 7.85. The Balaban J connectivity index is 1.63. The standard InChI is InChI=1S/C26H20N2O6S/c1-17-22(15-20-9-12-24(34-20)19-7-10-21(11-8-19)35(31,32)33)25(29)28(26(30)23(17)16-27)14-13-18-5-3-2-4-6-18/h2-12,15H,13-14H2,1H3,(H,31,32,33)/b22-15+. The molecule has 1 N–H and O–H groups in total. The number of hydrogen-bond acceptors (Lipinski definition) is 6. The fraction of sp³-hybridized carbons (Fsp3) is 0.115. The summed E-state index contributed by atoms with van der Waals surface area (Å²) in [6, 6.07) is 20.0. The number of rotatable bonds is 6. The molecule has 35 heavy (non-hydrogen) atoms. The van der Waals surface area contributed by atoms with Gasteiger partial charge in [0.05, 0.1) is 4.90 Å². The van der Waals surface area contributed by atoms with Gasteiger partial charge in [-0.25, -0.2) is 0 Å². The molecular weight excluding hydrogens is 468 g/mol. The Morgan fingerprint density at radius 2 is 1.69 bits per heavy atom. The highest BCUT2D eigenvalue weighted by Crippen LogP contribution is 2.29. The molecule has 1 aliphatic heterocycles. The number of nitriles is 1. The fourth-order valence-electron chi connectivity index (χ4n) is 3.74. The highest BCUT2D eigenvalue weighted by atomic mass is 32.2. The largest absolute Gasteiger partial charge is 0.457 e. The molecular formula is C26H20N2O6S. The van der Waals surface area contributed by atoms with Crippen molar-refractivity contribution in [2.75, 3.05) is 6.54 Å². The molecule has 2 heterocycles. The van der Waals surface area contributed by atoms with Gasteiger partial charge in [-0.05, 0) is 67.0 Å². The lowest BCUT2D eigenvalue weighted by Crippen LogP contribution is -2.43. The summed E-state index contributed by atoms with van der Waals surface area (Å²) < 4.78 is 37.4. The Morgan fingerprint density at radius 1 is 1.00 bits per heavy atom. The molecule has 9 heteroatoms. The second-order valence-electron chi connectivity index (χ2n) is 7.87. The second kappa shape index (κ2) is 9.54. The minimum Gasteiger partial charge on any atom is -0.457 e. The Morgan fingerprint density at radius 3 is 2.31 bits per heavy atom. The molecule has 8 nitrogen and oxygen atoms in total. The van der Waals surface area contributed by atoms with Crippen LogP contribution in [0.5, 0.6) is 0 Å². The summed E-state index contributed by atoms with van der Waals surface area (Å²) in [6.45, 7) is 1.67. The molecule has 0 radical (unpaired) electrons. The van der Waals surface area contributed by atoms with Crippen molar-refractivity contribution in [1.29, 1.82) is 5.26 Å². The average molecular weight is 489 g/mol. The van der Waals surface area contributed by atoms with Crippen molar-refractivity contribution in [3.05, 3.63) is 94.8 Å². The molecule has 0 spiro atoms. The minimum absolute atomic E-state index is 0.100. The summed E-state index contributed by atoms with van der Waals surface area (Å²) >= 11 is 0. The highest BCUT2D eigenvalue weighted by Gasteiger charge is 2.35. The van der Waals surface area contributed by atoms with Crippen LogP contribution in [0.2, 0.25) is 0 Å². The number of hydrogen-bond donors (Lipinski definition) is 1. The van der Waals surface area contributed by atoms with Gasteiger partial charge in [0.2, 0.25) is 0 Å². The lowest BCUT2D eigenvalue weighted by atomic mass is 9.94. The number of amides is 2. The van der Waals surface area contributed by atoms with Gasteiger partial charge in [-0.1, -0.05) is 30.3 Å². The Labute approximate surface area is 202 Å². The van der Waals surface area contributed by atoms with Crippen molar-refractivity contribution < 1.29 is 27.0 Å². The maximum Gasteiger partial charge on any atom is 0.294 e. The van der Waals surface area contributed by atoms with E-state index in [1.54, 1.807) is 19.1 Å². The number of furan rings is 1. The van der Waals surface area contributed by atoms with Crippen LogP contribution in [0.3, 0.4) is 0 Å². The molecule has 1 aliphatic rings.